The normalized spacial score (nSPS) is 10.5. The average molecular weight is 423 g/mol. The first-order valence-corrected chi connectivity index (χ1v) is 9.87. The zero-order chi connectivity index (χ0) is 22.1. The number of urea groups is 1. The van der Waals surface area contributed by atoms with Gasteiger partial charge in [0, 0.05) is 44.5 Å². The van der Waals surface area contributed by atoms with Gasteiger partial charge in [-0.3, -0.25) is 4.98 Å². The molecule has 0 saturated heterocycles. The molecule has 9 heteroatoms. The van der Waals surface area contributed by atoms with Gasteiger partial charge in [-0.25, -0.2) is 14.3 Å². The number of esters is 1. The third-order valence-electron chi connectivity index (χ3n) is 4.38. The number of hydrogen-bond acceptors (Lipinski definition) is 6. The summed E-state index contributed by atoms with van der Waals surface area (Å²) in [4.78, 5) is 30.5. The molecule has 0 unspecified atom stereocenters. The Morgan fingerprint density at radius 1 is 1.19 bits per heavy atom. The molecule has 162 valence electrons. The van der Waals surface area contributed by atoms with Gasteiger partial charge in [0.25, 0.3) is 0 Å². The van der Waals surface area contributed by atoms with Crippen molar-refractivity contribution in [1.29, 1.82) is 0 Å². The van der Waals surface area contributed by atoms with E-state index in [2.05, 4.69) is 15.4 Å². The van der Waals surface area contributed by atoms with Crippen molar-refractivity contribution in [2.24, 2.45) is 0 Å². The third-order valence-corrected chi connectivity index (χ3v) is 4.38. The number of pyridine rings is 1. The van der Waals surface area contributed by atoms with Gasteiger partial charge in [0.1, 0.15) is 0 Å². The van der Waals surface area contributed by atoms with Crippen molar-refractivity contribution in [1.82, 2.24) is 19.7 Å². The van der Waals surface area contributed by atoms with Crippen LogP contribution < -0.4 is 5.32 Å². The number of carbonyl (C=O) groups is 2. The number of carbonyl (C=O) groups excluding carboxylic acids is 2. The highest BCUT2D eigenvalue weighted by molar-refractivity contribution is 5.89. The SMILES string of the molecule is CCOC(=O)c1ccn(-c2cccc(NC(=O)N(CCOC)Cc3cccnc3)c2)n1. The van der Waals surface area contributed by atoms with E-state index in [9.17, 15) is 9.59 Å². The molecule has 0 atom stereocenters. The Kier molecular flexibility index (Phi) is 7.72. The molecule has 1 N–H and O–H groups in total. The quantitative estimate of drug-likeness (QED) is 0.531. The lowest BCUT2D eigenvalue weighted by Gasteiger charge is -2.23. The molecule has 0 aliphatic heterocycles. The van der Waals surface area contributed by atoms with E-state index >= 15 is 0 Å². The fourth-order valence-corrected chi connectivity index (χ4v) is 2.88. The van der Waals surface area contributed by atoms with E-state index in [0.29, 0.717) is 31.1 Å². The zero-order valence-corrected chi connectivity index (χ0v) is 17.5. The van der Waals surface area contributed by atoms with Crippen molar-refractivity contribution in [2.45, 2.75) is 13.5 Å². The predicted octanol–water partition coefficient (Wildman–Crippen LogP) is 3.12. The van der Waals surface area contributed by atoms with Gasteiger partial charge in [-0.15, -0.1) is 0 Å². The van der Waals surface area contributed by atoms with E-state index in [1.807, 2.05) is 18.2 Å². The van der Waals surface area contributed by atoms with Crippen molar-refractivity contribution in [3.05, 3.63) is 72.3 Å². The second-order valence-electron chi connectivity index (χ2n) is 6.62. The topological polar surface area (TPSA) is 98.6 Å². The summed E-state index contributed by atoms with van der Waals surface area (Å²) in [7, 11) is 1.60. The fourth-order valence-electron chi connectivity index (χ4n) is 2.88. The Labute approximate surface area is 180 Å². The maximum Gasteiger partial charge on any atom is 0.358 e. The van der Waals surface area contributed by atoms with Crippen LogP contribution >= 0.6 is 0 Å². The van der Waals surface area contributed by atoms with Gasteiger partial charge >= 0.3 is 12.0 Å². The molecule has 0 spiro atoms. The molecule has 3 aromatic rings. The smallest absolute Gasteiger partial charge is 0.358 e. The summed E-state index contributed by atoms with van der Waals surface area (Å²) in [5.74, 6) is -0.477. The summed E-state index contributed by atoms with van der Waals surface area (Å²) in [6, 6.07) is 12.3. The van der Waals surface area contributed by atoms with Crippen LogP contribution in [0.1, 0.15) is 23.0 Å². The number of nitrogens with zero attached hydrogens (tertiary/aromatic N) is 4. The van der Waals surface area contributed by atoms with E-state index in [1.54, 1.807) is 66.5 Å². The highest BCUT2D eigenvalue weighted by Gasteiger charge is 2.15. The lowest BCUT2D eigenvalue weighted by atomic mass is 10.2. The van der Waals surface area contributed by atoms with Gasteiger partial charge in [0.15, 0.2) is 5.69 Å². The van der Waals surface area contributed by atoms with Gasteiger partial charge < -0.3 is 19.7 Å². The molecule has 31 heavy (non-hydrogen) atoms. The van der Waals surface area contributed by atoms with Gasteiger partial charge in [-0.2, -0.15) is 5.10 Å². The van der Waals surface area contributed by atoms with Crippen LogP contribution in [0.25, 0.3) is 5.69 Å². The van der Waals surface area contributed by atoms with Crippen LogP contribution in [-0.4, -0.2) is 58.5 Å². The first-order chi connectivity index (χ1) is 15.1. The number of ether oxygens (including phenoxy) is 2. The van der Waals surface area contributed by atoms with Crippen molar-refractivity contribution < 1.29 is 19.1 Å². The van der Waals surface area contributed by atoms with E-state index < -0.39 is 5.97 Å². The lowest BCUT2D eigenvalue weighted by Crippen LogP contribution is -2.36. The summed E-state index contributed by atoms with van der Waals surface area (Å²) < 4.78 is 11.7. The number of nitrogens with one attached hydrogen (secondary N) is 1. The van der Waals surface area contributed by atoms with Gasteiger partial charge in [0.2, 0.25) is 0 Å². The summed E-state index contributed by atoms with van der Waals surface area (Å²) in [6.07, 6.45) is 5.09. The Hall–Kier alpha value is -3.72. The lowest BCUT2D eigenvalue weighted by molar-refractivity contribution is 0.0519. The summed E-state index contributed by atoms with van der Waals surface area (Å²) in [5, 5.41) is 7.16. The van der Waals surface area contributed by atoms with Crippen LogP contribution in [-0.2, 0) is 16.0 Å². The Morgan fingerprint density at radius 2 is 2.06 bits per heavy atom. The van der Waals surface area contributed by atoms with Crippen LogP contribution in [0.2, 0.25) is 0 Å². The molecular weight excluding hydrogens is 398 g/mol. The first-order valence-electron chi connectivity index (χ1n) is 9.87. The van der Waals surface area contributed by atoms with E-state index in [1.165, 1.54) is 0 Å². The molecule has 0 aliphatic carbocycles. The minimum absolute atomic E-state index is 0.221. The molecule has 0 radical (unpaired) electrons. The second-order valence-corrected chi connectivity index (χ2v) is 6.62. The van der Waals surface area contributed by atoms with Crippen molar-refractivity contribution in [3.8, 4) is 5.69 Å². The summed E-state index contributed by atoms with van der Waals surface area (Å²) >= 11 is 0. The molecule has 0 bridgehead atoms. The highest BCUT2D eigenvalue weighted by Crippen LogP contribution is 2.16. The van der Waals surface area contributed by atoms with Crippen LogP contribution in [0.15, 0.2) is 61.1 Å². The van der Waals surface area contributed by atoms with Crippen LogP contribution in [0.5, 0.6) is 0 Å². The molecule has 2 heterocycles. The molecule has 1 aromatic carbocycles. The molecule has 2 aromatic heterocycles. The third kappa shape index (κ3) is 6.13. The van der Waals surface area contributed by atoms with E-state index in [4.69, 9.17) is 9.47 Å². The minimum atomic E-state index is -0.477. The number of rotatable bonds is 9. The summed E-state index contributed by atoms with van der Waals surface area (Å²) in [6.45, 7) is 3.28. The molecule has 2 amide bonds. The molecule has 3 rings (SSSR count). The monoisotopic (exact) mass is 423 g/mol. The molecule has 0 saturated carbocycles. The van der Waals surface area contributed by atoms with Crippen molar-refractivity contribution in [3.63, 3.8) is 0 Å². The molecule has 9 nitrogen and oxygen atoms in total. The standard InChI is InChI=1S/C22H25N5O4/c1-3-31-21(28)20-9-11-27(25-20)19-8-4-7-18(14-19)24-22(29)26(12-13-30-2)16-17-6-5-10-23-15-17/h4-11,14-15H,3,12-13,16H2,1-2H3,(H,24,29). The van der Waals surface area contributed by atoms with Gasteiger partial charge in [-0.1, -0.05) is 12.1 Å². The Bertz CT molecular complexity index is 1010. The first kappa shape index (κ1) is 22.0. The maximum atomic E-state index is 12.9. The second kappa shape index (κ2) is 10.9. The van der Waals surface area contributed by atoms with E-state index in [-0.39, 0.29) is 18.3 Å². The zero-order valence-electron chi connectivity index (χ0n) is 17.5. The number of benzene rings is 1. The van der Waals surface area contributed by atoms with Crippen LogP contribution in [0, 0.1) is 0 Å². The van der Waals surface area contributed by atoms with E-state index in [0.717, 1.165) is 5.56 Å². The fraction of sp³-hybridized carbons (Fsp3) is 0.273. The number of hydrogen-bond donors (Lipinski definition) is 1. The van der Waals surface area contributed by atoms with Crippen LogP contribution in [0.3, 0.4) is 0 Å². The summed E-state index contributed by atoms with van der Waals surface area (Å²) in [5.41, 5.74) is 2.44. The Balaban J connectivity index is 1.72. The average Bonchev–Trinajstić information content (AvgIpc) is 3.28. The largest absolute Gasteiger partial charge is 0.461 e. The minimum Gasteiger partial charge on any atom is -0.461 e. The van der Waals surface area contributed by atoms with Gasteiger partial charge in [-0.05, 0) is 42.8 Å². The van der Waals surface area contributed by atoms with Crippen molar-refractivity contribution in [2.75, 3.05) is 32.2 Å². The Morgan fingerprint density at radius 3 is 2.81 bits per heavy atom. The molecular formula is C22H25N5O4. The number of amides is 2. The van der Waals surface area contributed by atoms with Gasteiger partial charge in [0.05, 0.1) is 18.9 Å². The maximum absolute atomic E-state index is 12.9. The number of anilines is 1. The number of aromatic nitrogens is 3. The van der Waals surface area contributed by atoms with Crippen molar-refractivity contribution >= 4 is 17.7 Å². The highest BCUT2D eigenvalue weighted by atomic mass is 16.5. The predicted molar refractivity (Wildman–Crippen MR) is 115 cm³/mol. The molecule has 0 fully saturated rings. The van der Waals surface area contributed by atoms with Crippen LogP contribution in [0.4, 0.5) is 10.5 Å². The molecule has 0 aliphatic rings. The number of methoxy groups -OCH3 is 1.